The molecule has 1 fully saturated rings. The number of amides is 3. The van der Waals surface area contributed by atoms with Crippen molar-refractivity contribution in [1.82, 2.24) is 4.90 Å². The van der Waals surface area contributed by atoms with Crippen molar-refractivity contribution in [2.45, 2.75) is 6.54 Å². The summed E-state index contributed by atoms with van der Waals surface area (Å²) in [7, 11) is 0. The first-order valence-electron chi connectivity index (χ1n) is 8.23. The topological polar surface area (TPSA) is 113 Å². The van der Waals surface area contributed by atoms with E-state index in [1.807, 2.05) is 0 Å². The number of primary amides is 1. The lowest BCUT2D eigenvalue weighted by molar-refractivity contribution is -0.123. The molecule has 28 heavy (non-hydrogen) atoms. The van der Waals surface area contributed by atoms with Gasteiger partial charge in [0.1, 0.15) is 5.75 Å². The van der Waals surface area contributed by atoms with Gasteiger partial charge in [-0.1, -0.05) is 36.4 Å². The van der Waals surface area contributed by atoms with Crippen molar-refractivity contribution in [3.8, 4) is 11.8 Å². The maximum Gasteiger partial charge on any atom is 0.293 e. The molecule has 1 heterocycles. The molecule has 2 N–H and O–H groups in total. The summed E-state index contributed by atoms with van der Waals surface area (Å²) in [5, 5.41) is 8.77. The second-order valence-corrected chi connectivity index (χ2v) is 6.82. The van der Waals surface area contributed by atoms with Crippen LogP contribution in [0.5, 0.6) is 5.75 Å². The number of nitrogens with zero attached hydrogens (tertiary/aromatic N) is 2. The van der Waals surface area contributed by atoms with Crippen LogP contribution in [0.2, 0.25) is 0 Å². The van der Waals surface area contributed by atoms with Crippen molar-refractivity contribution < 1.29 is 19.1 Å². The third kappa shape index (κ3) is 4.22. The predicted molar refractivity (Wildman–Crippen MR) is 104 cm³/mol. The number of ether oxygens (including phenoxy) is 1. The van der Waals surface area contributed by atoms with Gasteiger partial charge < -0.3 is 10.5 Å². The minimum atomic E-state index is -0.619. The fourth-order valence-electron chi connectivity index (χ4n) is 2.60. The first kappa shape index (κ1) is 19.2. The minimum absolute atomic E-state index is 0.0194. The van der Waals surface area contributed by atoms with Gasteiger partial charge in [-0.25, -0.2) is 0 Å². The van der Waals surface area contributed by atoms with Gasteiger partial charge in [0, 0.05) is 5.56 Å². The van der Waals surface area contributed by atoms with Gasteiger partial charge >= 0.3 is 0 Å². The Labute approximate surface area is 165 Å². The molecule has 1 aliphatic heterocycles. The molecule has 0 unspecified atom stereocenters. The number of hydrogen-bond acceptors (Lipinski definition) is 6. The van der Waals surface area contributed by atoms with Crippen molar-refractivity contribution in [1.29, 1.82) is 5.26 Å². The van der Waals surface area contributed by atoms with Gasteiger partial charge in [-0.2, -0.15) is 5.26 Å². The number of thioether (sulfide) groups is 1. The summed E-state index contributed by atoms with van der Waals surface area (Å²) in [5.41, 5.74) is 6.65. The SMILES string of the molecule is N#Cc1ccccc1CN1C(=O)S/C(=C/c2ccccc2OCC(N)=O)C1=O. The van der Waals surface area contributed by atoms with Crippen molar-refractivity contribution >= 4 is 34.9 Å². The summed E-state index contributed by atoms with van der Waals surface area (Å²) in [4.78, 5) is 37.3. The average Bonchev–Trinajstić information content (AvgIpc) is 2.95. The molecule has 0 aliphatic carbocycles. The second kappa shape index (κ2) is 8.41. The number of rotatable bonds is 6. The average molecular weight is 393 g/mol. The monoisotopic (exact) mass is 393 g/mol. The highest BCUT2D eigenvalue weighted by Gasteiger charge is 2.35. The lowest BCUT2D eigenvalue weighted by atomic mass is 10.1. The van der Waals surface area contributed by atoms with Crippen molar-refractivity contribution in [2.75, 3.05) is 6.61 Å². The lowest BCUT2D eigenvalue weighted by Crippen LogP contribution is -2.27. The van der Waals surface area contributed by atoms with Gasteiger partial charge in [-0.15, -0.1) is 0 Å². The van der Waals surface area contributed by atoms with E-state index in [9.17, 15) is 19.6 Å². The van der Waals surface area contributed by atoms with E-state index >= 15 is 0 Å². The highest BCUT2D eigenvalue weighted by Crippen LogP contribution is 2.35. The van der Waals surface area contributed by atoms with Crippen LogP contribution in [0.15, 0.2) is 53.4 Å². The first-order valence-corrected chi connectivity index (χ1v) is 9.04. The van der Waals surface area contributed by atoms with Gasteiger partial charge in [0.2, 0.25) is 0 Å². The maximum absolute atomic E-state index is 12.7. The number of hydrogen-bond donors (Lipinski definition) is 1. The molecule has 3 rings (SSSR count). The Balaban J connectivity index is 1.84. The van der Waals surface area contributed by atoms with E-state index in [1.165, 1.54) is 6.08 Å². The van der Waals surface area contributed by atoms with Crippen LogP contribution >= 0.6 is 11.8 Å². The zero-order valence-corrected chi connectivity index (χ0v) is 15.4. The van der Waals surface area contributed by atoms with Crippen LogP contribution in [0, 0.1) is 11.3 Å². The lowest BCUT2D eigenvalue weighted by Gasteiger charge is -2.13. The Morgan fingerprint density at radius 3 is 2.64 bits per heavy atom. The van der Waals surface area contributed by atoms with Crippen LogP contribution in [0.4, 0.5) is 4.79 Å². The number of imide groups is 1. The molecule has 0 bridgehead atoms. The molecule has 7 nitrogen and oxygen atoms in total. The van der Waals surface area contributed by atoms with Gasteiger partial charge in [0.05, 0.1) is 23.1 Å². The molecule has 1 saturated heterocycles. The summed E-state index contributed by atoms with van der Waals surface area (Å²) >= 11 is 0.811. The van der Waals surface area contributed by atoms with Crippen LogP contribution < -0.4 is 10.5 Å². The van der Waals surface area contributed by atoms with Crippen LogP contribution in [0.3, 0.4) is 0 Å². The van der Waals surface area contributed by atoms with Crippen LogP contribution in [0.1, 0.15) is 16.7 Å². The third-order valence-corrected chi connectivity index (χ3v) is 4.82. The van der Waals surface area contributed by atoms with E-state index in [4.69, 9.17) is 10.5 Å². The normalized spacial score (nSPS) is 15.0. The van der Waals surface area contributed by atoms with Crippen LogP contribution in [0.25, 0.3) is 6.08 Å². The molecular formula is C20H15N3O4S. The Kier molecular flexibility index (Phi) is 5.77. The van der Waals surface area contributed by atoms with Crippen LogP contribution in [-0.2, 0) is 16.1 Å². The number of carbonyl (C=O) groups excluding carboxylic acids is 3. The summed E-state index contributed by atoms with van der Waals surface area (Å²) in [5.74, 6) is -0.693. The molecule has 8 heteroatoms. The molecule has 140 valence electrons. The number of carbonyl (C=O) groups is 3. The Bertz CT molecular complexity index is 1030. The summed E-state index contributed by atoms with van der Waals surface area (Å²) in [6, 6.07) is 15.7. The van der Waals surface area contributed by atoms with E-state index in [0.29, 0.717) is 22.4 Å². The van der Waals surface area contributed by atoms with Crippen molar-refractivity contribution in [3.05, 3.63) is 70.1 Å². The van der Waals surface area contributed by atoms with E-state index in [2.05, 4.69) is 6.07 Å². The van der Waals surface area contributed by atoms with Gasteiger partial charge in [0.15, 0.2) is 6.61 Å². The third-order valence-electron chi connectivity index (χ3n) is 3.92. The molecule has 0 aromatic heterocycles. The molecule has 2 aromatic carbocycles. The summed E-state index contributed by atoms with van der Waals surface area (Å²) in [6.45, 7) is -0.275. The zero-order chi connectivity index (χ0) is 20.1. The molecule has 0 spiro atoms. The molecule has 1 aliphatic rings. The summed E-state index contributed by atoms with van der Waals surface area (Å²) in [6.07, 6.45) is 1.54. The van der Waals surface area contributed by atoms with Crippen molar-refractivity contribution in [2.24, 2.45) is 5.73 Å². The predicted octanol–water partition coefficient (Wildman–Crippen LogP) is 2.66. The van der Waals surface area contributed by atoms with Crippen LogP contribution in [-0.4, -0.2) is 28.6 Å². The van der Waals surface area contributed by atoms with E-state index < -0.39 is 17.1 Å². The zero-order valence-electron chi connectivity index (χ0n) is 14.6. The second-order valence-electron chi connectivity index (χ2n) is 5.83. The number of benzene rings is 2. The summed E-state index contributed by atoms with van der Waals surface area (Å²) < 4.78 is 5.35. The van der Waals surface area contributed by atoms with E-state index in [0.717, 1.165) is 16.7 Å². The van der Waals surface area contributed by atoms with E-state index in [1.54, 1.807) is 48.5 Å². The minimum Gasteiger partial charge on any atom is -0.483 e. The fourth-order valence-corrected chi connectivity index (χ4v) is 3.42. The van der Waals surface area contributed by atoms with E-state index in [-0.39, 0.29) is 18.1 Å². The molecule has 2 aromatic rings. The fraction of sp³-hybridized carbons (Fsp3) is 0.100. The molecule has 0 saturated carbocycles. The standard InChI is InChI=1S/C20H15N3O4S/c21-10-14-6-1-2-7-15(14)11-23-19(25)17(28-20(23)26)9-13-5-3-4-8-16(13)27-12-18(22)24/h1-9H,11-12H2,(H2,22,24)/b17-9+. The van der Waals surface area contributed by atoms with Gasteiger partial charge in [0.25, 0.3) is 17.1 Å². The highest BCUT2D eigenvalue weighted by atomic mass is 32.2. The first-order chi connectivity index (χ1) is 13.5. The van der Waals surface area contributed by atoms with Crippen molar-refractivity contribution in [3.63, 3.8) is 0 Å². The Morgan fingerprint density at radius 2 is 1.89 bits per heavy atom. The molecule has 0 radical (unpaired) electrons. The number of nitriles is 1. The smallest absolute Gasteiger partial charge is 0.293 e. The molecule has 3 amide bonds. The highest BCUT2D eigenvalue weighted by molar-refractivity contribution is 8.18. The quantitative estimate of drug-likeness (QED) is 0.755. The van der Waals surface area contributed by atoms with Gasteiger partial charge in [-0.05, 0) is 35.5 Å². The largest absolute Gasteiger partial charge is 0.483 e. The Morgan fingerprint density at radius 1 is 1.18 bits per heavy atom. The molecular weight excluding hydrogens is 378 g/mol. The maximum atomic E-state index is 12.7. The number of nitrogens with two attached hydrogens (primary N) is 1. The Hall–Kier alpha value is -3.57. The molecule has 0 atom stereocenters. The number of para-hydroxylation sites is 1. The van der Waals surface area contributed by atoms with Gasteiger partial charge in [-0.3, -0.25) is 19.3 Å².